The van der Waals surface area contributed by atoms with Crippen LogP contribution in [0.2, 0.25) is 5.02 Å². The fourth-order valence-electron chi connectivity index (χ4n) is 2.28. The van der Waals surface area contributed by atoms with Gasteiger partial charge in [-0.2, -0.15) is 0 Å². The van der Waals surface area contributed by atoms with Crippen LogP contribution in [0.4, 0.5) is 5.69 Å². The van der Waals surface area contributed by atoms with Crippen molar-refractivity contribution in [2.45, 2.75) is 16.5 Å². The van der Waals surface area contributed by atoms with Crippen LogP contribution in [-0.2, 0) is 4.79 Å². The number of halogens is 1. The molecule has 1 heterocycles. The molecule has 0 aliphatic heterocycles. The van der Waals surface area contributed by atoms with Crippen LogP contribution in [0.15, 0.2) is 52.9 Å². The minimum Gasteiger partial charge on any atom is -0.495 e. The number of nitrogens with zero attached hydrogens (tertiary/aromatic N) is 2. The number of rotatable bonds is 6. The zero-order valence-electron chi connectivity index (χ0n) is 14.1. The molecule has 5 nitrogen and oxygen atoms in total. The van der Waals surface area contributed by atoms with Crippen molar-refractivity contribution in [2.24, 2.45) is 0 Å². The van der Waals surface area contributed by atoms with Crippen LogP contribution in [0.1, 0.15) is 15.8 Å². The number of anilines is 1. The molecule has 1 N–H and O–H groups in total. The maximum absolute atomic E-state index is 12.9. The maximum Gasteiger partial charge on any atom is 0.242 e. The summed E-state index contributed by atoms with van der Waals surface area (Å²) in [6, 6.07) is 14.7. The number of aryl methyl sites for hydroxylation is 1. The van der Waals surface area contributed by atoms with Gasteiger partial charge in [-0.15, -0.1) is 10.2 Å². The molecule has 1 unspecified atom stereocenters. The fourth-order valence-corrected chi connectivity index (χ4v) is 4.54. The number of ether oxygens (including phenoxy) is 1. The Kier molecular flexibility index (Phi) is 6.13. The van der Waals surface area contributed by atoms with Gasteiger partial charge in [0.15, 0.2) is 4.34 Å². The van der Waals surface area contributed by atoms with E-state index in [9.17, 15) is 4.79 Å². The van der Waals surface area contributed by atoms with Gasteiger partial charge in [-0.05, 0) is 30.7 Å². The number of methoxy groups -OCH3 is 1. The summed E-state index contributed by atoms with van der Waals surface area (Å²) in [5, 5.41) is 11.9. The van der Waals surface area contributed by atoms with E-state index in [1.165, 1.54) is 23.1 Å². The number of hydrogen-bond donors (Lipinski definition) is 1. The molecular formula is C18H16ClN3O2S2. The lowest BCUT2D eigenvalue weighted by Crippen LogP contribution is -2.19. The van der Waals surface area contributed by atoms with Crippen LogP contribution in [0, 0.1) is 6.92 Å². The van der Waals surface area contributed by atoms with Crippen molar-refractivity contribution in [3.05, 3.63) is 64.1 Å². The maximum atomic E-state index is 12.9. The first-order valence-electron chi connectivity index (χ1n) is 7.73. The first-order chi connectivity index (χ1) is 12.6. The van der Waals surface area contributed by atoms with E-state index in [2.05, 4.69) is 15.5 Å². The molecule has 0 spiro atoms. The van der Waals surface area contributed by atoms with Gasteiger partial charge in [0, 0.05) is 5.69 Å². The molecule has 0 radical (unpaired) electrons. The Hall–Kier alpha value is -2.09. The second kappa shape index (κ2) is 8.53. The summed E-state index contributed by atoms with van der Waals surface area (Å²) in [6.45, 7) is 1.89. The van der Waals surface area contributed by atoms with Gasteiger partial charge in [-0.3, -0.25) is 4.79 Å². The van der Waals surface area contributed by atoms with Gasteiger partial charge in [0.25, 0.3) is 0 Å². The third kappa shape index (κ3) is 4.55. The minimum atomic E-state index is -0.454. The van der Waals surface area contributed by atoms with Crippen LogP contribution >= 0.6 is 34.7 Å². The summed E-state index contributed by atoms with van der Waals surface area (Å²) in [7, 11) is 1.55. The summed E-state index contributed by atoms with van der Waals surface area (Å²) in [5.41, 5.74) is 1.50. The number of carbonyl (C=O) groups excluding carboxylic acids is 1. The first kappa shape index (κ1) is 18.7. The van der Waals surface area contributed by atoms with Crippen molar-refractivity contribution in [3.63, 3.8) is 0 Å². The van der Waals surface area contributed by atoms with Gasteiger partial charge in [-0.1, -0.05) is 65.0 Å². The summed E-state index contributed by atoms with van der Waals surface area (Å²) in [5.74, 6) is 0.401. The van der Waals surface area contributed by atoms with Crippen molar-refractivity contribution in [1.82, 2.24) is 10.2 Å². The van der Waals surface area contributed by atoms with E-state index in [0.717, 1.165) is 14.9 Å². The average Bonchev–Trinajstić information content (AvgIpc) is 3.05. The normalized spacial score (nSPS) is 11.8. The second-order valence-corrected chi connectivity index (χ2v) is 8.28. The predicted octanol–water partition coefficient (Wildman–Crippen LogP) is 4.98. The molecule has 0 fully saturated rings. The molecule has 0 aliphatic carbocycles. The highest BCUT2D eigenvalue weighted by molar-refractivity contribution is 8.01. The summed E-state index contributed by atoms with van der Waals surface area (Å²) >= 11 is 8.99. The van der Waals surface area contributed by atoms with Gasteiger partial charge in [-0.25, -0.2) is 0 Å². The minimum absolute atomic E-state index is 0.157. The molecule has 3 rings (SSSR count). The third-order valence-corrected chi connectivity index (χ3v) is 5.96. The number of thioether (sulfide) groups is 1. The zero-order chi connectivity index (χ0) is 18.5. The molecule has 0 saturated carbocycles. The van der Waals surface area contributed by atoms with Crippen molar-refractivity contribution in [3.8, 4) is 5.75 Å². The van der Waals surface area contributed by atoms with E-state index in [-0.39, 0.29) is 5.91 Å². The summed E-state index contributed by atoms with van der Waals surface area (Å²) in [6.07, 6.45) is 0. The zero-order valence-corrected chi connectivity index (χ0v) is 16.5. The standard InChI is InChI=1S/C18H16ClN3O2S2/c1-11-21-22-18(25-11)26-16(12-6-4-3-5-7-12)17(23)20-13-8-9-15(24-2)14(19)10-13/h3-10,16H,1-2H3,(H,20,23). The van der Waals surface area contributed by atoms with Crippen LogP contribution < -0.4 is 10.1 Å². The molecule has 0 bridgehead atoms. The topological polar surface area (TPSA) is 64.1 Å². The number of hydrogen-bond acceptors (Lipinski definition) is 6. The van der Waals surface area contributed by atoms with Gasteiger partial charge in [0.05, 0.1) is 12.1 Å². The summed E-state index contributed by atoms with van der Waals surface area (Å²) < 4.78 is 5.89. The van der Waals surface area contributed by atoms with Crippen molar-refractivity contribution < 1.29 is 9.53 Å². The Morgan fingerprint density at radius 1 is 1.23 bits per heavy atom. The van der Waals surface area contributed by atoms with Gasteiger partial charge >= 0.3 is 0 Å². The Labute approximate surface area is 164 Å². The second-order valence-electron chi connectivity index (χ2n) is 5.33. The molecule has 1 amide bonds. The third-order valence-electron chi connectivity index (χ3n) is 3.49. The molecule has 0 aliphatic rings. The van der Waals surface area contributed by atoms with E-state index in [1.807, 2.05) is 37.3 Å². The monoisotopic (exact) mass is 405 g/mol. The molecule has 1 atom stereocenters. The van der Waals surface area contributed by atoms with E-state index < -0.39 is 5.25 Å². The highest BCUT2D eigenvalue weighted by atomic mass is 35.5. The van der Waals surface area contributed by atoms with E-state index >= 15 is 0 Å². The quantitative estimate of drug-likeness (QED) is 0.586. The van der Waals surface area contributed by atoms with Gasteiger partial charge in [0.2, 0.25) is 5.91 Å². The number of carbonyl (C=O) groups is 1. The van der Waals surface area contributed by atoms with Gasteiger partial charge in [0.1, 0.15) is 16.0 Å². The van der Waals surface area contributed by atoms with Crippen molar-refractivity contribution >= 4 is 46.3 Å². The Morgan fingerprint density at radius 3 is 2.62 bits per heavy atom. The van der Waals surface area contributed by atoms with Crippen molar-refractivity contribution in [1.29, 1.82) is 0 Å². The van der Waals surface area contributed by atoms with E-state index in [1.54, 1.807) is 25.3 Å². The lowest BCUT2D eigenvalue weighted by molar-refractivity contribution is -0.115. The smallest absolute Gasteiger partial charge is 0.242 e. The number of benzene rings is 2. The Balaban J connectivity index is 1.83. The molecule has 8 heteroatoms. The molecule has 134 valence electrons. The Morgan fingerprint density at radius 2 is 2.00 bits per heavy atom. The van der Waals surface area contributed by atoms with Crippen LogP contribution in [-0.4, -0.2) is 23.2 Å². The highest BCUT2D eigenvalue weighted by Crippen LogP contribution is 2.38. The fraction of sp³-hybridized carbons (Fsp3) is 0.167. The predicted molar refractivity (Wildman–Crippen MR) is 106 cm³/mol. The van der Waals surface area contributed by atoms with E-state index in [4.69, 9.17) is 16.3 Å². The first-order valence-corrected chi connectivity index (χ1v) is 9.80. The van der Waals surface area contributed by atoms with Crippen LogP contribution in [0.5, 0.6) is 5.75 Å². The molecule has 0 saturated heterocycles. The van der Waals surface area contributed by atoms with Crippen molar-refractivity contribution in [2.75, 3.05) is 12.4 Å². The SMILES string of the molecule is COc1ccc(NC(=O)C(Sc2nnc(C)s2)c2ccccc2)cc1Cl. The number of nitrogens with one attached hydrogen (secondary N) is 1. The van der Waals surface area contributed by atoms with Crippen LogP contribution in [0.25, 0.3) is 0 Å². The molecule has 26 heavy (non-hydrogen) atoms. The molecular weight excluding hydrogens is 390 g/mol. The lowest BCUT2D eigenvalue weighted by Gasteiger charge is -2.16. The molecule has 2 aromatic carbocycles. The van der Waals surface area contributed by atoms with E-state index in [0.29, 0.717) is 16.5 Å². The number of amides is 1. The Bertz CT molecular complexity index is 902. The summed E-state index contributed by atoms with van der Waals surface area (Å²) in [4.78, 5) is 12.9. The average molecular weight is 406 g/mol. The van der Waals surface area contributed by atoms with Gasteiger partial charge < -0.3 is 10.1 Å². The molecule has 1 aromatic heterocycles. The highest BCUT2D eigenvalue weighted by Gasteiger charge is 2.24. The number of aromatic nitrogens is 2. The molecule has 3 aromatic rings. The lowest BCUT2D eigenvalue weighted by atomic mass is 10.1. The van der Waals surface area contributed by atoms with Crippen LogP contribution in [0.3, 0.4) is 0 Å². The largest absolute Gasteiger partial charge is 0.495 e.